The van der Waals surface area contributed by atoms with Gasteiger partial charge in [-0.15, -0.1) is 0 Å². The Morgan fingerprint density at radius 2 is 2.09 bits per heavy atom. The van der Waals surface area contributed by atoms with Crippen LogP contribution in [0.2, 0.25) is 0 Å². The Kier molecular flexibility index (Phi) is 4.36. The molecule has 2 N–H and O–H groups in total. The summed E-state index contributed by atoms with van der Waals surface area (Å²) in [4.78, 5) is 11.8. The Hall–Kier alpha value is -1.56. The van der Waals surface area contributed by atoms with E-state index in [0.29, 0.717) is 12.1 Å². The Morgan fingerprint density at radius 1 is 1.35 bits per heavy atom. The molecular formula is C17H28N4O2. The van der Waals surface area contributed by atoms with Gasteiger partial charge in [0.05, 0.1) is 6.20 Å². The van der Waals surface area contributed by atoms with Gasteiger partial charge in [0, 0.05) is 36.4 Å². The first-order chi connectivity index (χ1) is 10.8. The molecule has 1 fully saturated rings. The molecule has 1 amide bonds. The van der Waals surface area contributed by atoms with Gasteiger partial charge in [-0.1, -0.05) is 0 Å². The van der Waals surface area contributed by atoms with Crippen molar-refractivity contribution in [2.75, 3.05) is 0 Å². The van der Waals surface area contributed by atoms with Gasteiger partial charge in [0.2, 0.25) is 0 Å². The molecule has 0 bridgehead atoms. The number of carbonyl (C=O) groups is 1. The summed E-state index contributed by atoms with van der Waals surface area (Å²) in [5, 5.41) is 11.1. The van der Waals surface area contributed by atoms with E-state index in [1.807, 2.05) is 38.7 Å². The zero-order valence-electron chi connectivity index (χ0n) is 14.6. The molecule has 0 saturated heterocycles. The molecule has 1 aromatic rings. The van der Waals surface area contributed by atoms with E-state index in [2.05, 4.69) is 15.7 Å². The van der Waals surface area contributed by atoms with Crippen LogP contribution in [0.15, 0.2) is 6.20 Å². The van der Waals surface area contributed by atoms with E-state index in [4.69, 9.17) is 4.74 Å². The van der Waals surface area contributed by atoms with E-state index >= 15 is 0 Å². The van der Waals surface area contributed by atoms with E-state index in [1.165, 1.54) is 24.1 Å². The molecule has 1 aromatic heterocycles. The minimum Gasteiger partial charge on any atom is -0.444 e. The monoisotopic (exact) mass is 320 g/mol. The van der Waals surface area contributed by atoms with Crippen molar-refractivity contribution in [3.05, 3.63) is 17.5 Å². The predicted octanol–water partition coefficient (Wildman–Crippen LogP) is 2.44. The lowest BCUT2D eigenvalue weighted by Crippen LogP contribution is -2.54. The van der Waals surface area contributed by atoms with Gasteiger partial charge in [-0.05, 0) is 52.9 Å². The molecule has 1 heterocycles. The number of nitrogens with zero attached hydrogens (tertiary/aromatic N) is 2. The Bertz CT molecular complexity index is 570. The lowest BCUT2D eigenvalue weighted by atomic mass is 9.84. The van der Waals surface area contributed by atoms with Crippen LogP contribution in [0.25, 0.3) is 0 Å². The van der Waals surface area contributed by atoms with Crippen LogP contribution in [-0.4, -0.2) is 33.6 Å². The Labute approximate surface area is 138 Å². The first-order valence-corrected chi connectivity index (χ1v) is 8.58. The standard InChI is InChI=1S/C17H28N4O2/c1-17(2,3)23-16(22)20-12-8-11(9-12)19-14-6-5-7-15-13(14)10-18-21(15)4/h10-12,14,19H,5-9H2,1-4H3,(H,20,22). The summed E-state index contributed by atoms with van der Waals surface area (Å²) in [6, 6.07) is 1.09. The molecular weight excluding hydrogens is 292 g/mol. The fourth-order valence-electron chi connectivity index (χ4n) is 3.51. The van der Waals surface area contributed by atoms with Crippen molar-refractivity contribution in [3.63, 3.8) is 0 Å². The second-order valence-electron chi connectivity index (χ2n) is 7.79. The number of amides is 1. The van der Waals surface area contributed by atoms with Gasteiger partial charge in [0.25, 0.3) is 0 Å². The summed E-state index contributed by atoms with van der Waals surface area (Å²) in [5.41, 5.74) is 2.27. The third kappa shape index (κ3) is 3.86. The lowest BCUT2D eigenvalue weighted by Gasteiger charge is -2.39. The highest BCUT2D eigenvalue weighted by atomic mass is 16.6. The molecule has 128 valence electrons. The second kappa shape index (κ2) is 6.15. The van der Waals surface area contributed by atoms with E-state index < -0.39 is 5.60 Å². The number of hydrogen-bond acceptors (Lipinski definition) is 4. The van der Waals surface area contributed by atoms with E-state index in [-0.39, 0.29) is 12.1 Å². The minimum atomic E-state index is -0.440. The topological polar surface area (TPSA) is 68.2 Å². The highest BCUT2D eigenvalue weighted by molar-refractivity contribution is 5.68. The van der Waals surface area contributed by atoms with Crippen molar-refractivity contribution in [1.82, 2.24) is 20.4 Å². The summed E-state index contributed by atoms with van der Waals surface area (Å²) in [7, 11) is 2.02. The normalized spacial score (nSPS) is 27.0. The maximum atomic E-state index is 11.8. The molecule has 1 saturated carbocycles. The molecule has 1 atom stereocenters. The maximum Gasteiger partial charge on any atom is 0.407 e. The Morgan fingerprint density at radius 3 is 2.78 bits per heavy atom. The third-order valence-corrected chi connectivity index (χ3v) is 4.67. The zero-order valence-corrected chi connectivity index (χ0v) is 14.6. The van der Waals surface area contributed by atoms with Crippen molar-refractivity contribution in [3.8, 4) is 0 Å². The first-order valence-electron chi connectivity index (χ1n) is 8.58. The van der Waals surface area contributed by atoms with Gasteiger partial charge in [0.1, 0.15) is 5.60 Å². The third-order valence-electron chi connectivity index (χ3n) is 4.67. The highest BCUT2D eigenvalue weighted by Crippen LogP contribution is 2.32. The van der Waals surface area contributed by atoms with Gasteiger partial charge in [-0.2, -0.15) is 5.10 Å². The second-order valence-corrected chi connectivity index (χ2v) is 7.79. The first kappa shape index (κ1) is 16.3. The van der Waals surface area contributed by atoms with Gasteiger partial charge in [-0.3, -0.25) is 4.68 Å². The molecule has 0 radical (unpaired) electrons. The van der Waals surface area contributed by atoms with Gasteiger partial charge < -0.3 is 15.4 Å². The Balaban J connectivity index is 1.45. The van der Waals surface area contributed by atoms with Gasteiger partial charge in [0.15, 0.2) is 0 Å². The summed E-state index contributed by atoms with van der Waals surface area (Å²) in [6.07, 6.45) is 7.11. The number of hydrogen-bond donors (Lipinski definition) is 2. The van der Waals surface area contributed by atoms with E-state index in [1.54, 1.807) is 0 Å². The number of aromatic nitrogens is 2. The predicted molar refractivity (Wildman–Crippen MR) is 88.2 cm³/mol. The minimum absolute atomic E-state index is 0.222. The molecule has 2 aliphatic rings. The van der Waals surface area contributed by atoms with Crippen LogP contribution in [-0.2, 0) is 18.2 Å². The number of rotatable bonds is 3. The number of alkyl carbamates (subject to hydrolysis) is 1. The van der Waals surface area contributed by atoms with Crippen LogP contribution in [0.1, 0.15) is 63.8 Å². The van der Waals surface area contributed by atoms with E-state index in [0.717, 1.165) is 19.3 Å². The SMILES string of the molecule is Cn1ncc2c1CCCC2NC1CC(NC(=O)OC(C)(C)C)C1. The van der Waals surface area contributed by atoms with E-state index in [9.17, 15) is 4.79 Å². The molecule has 6 nitrogen and oxygen atoms in total. The largest absolute Gasteiger partial charge is 0.444 e. The van der Waals surface area contributed by atoms with Crippen LogP contribution >= 0.6 is 0 Å². The highest BCUT2D eigenvalue weighted by Gasteiger charge is 2.34. The summed E-state index contributed by atoms with van der Waals surface area (Å²) in [5.74, 6) is 0. The number of nitrogens with one attached hydrogen (secondary N) is 2. The van der Waals surface area contributed by atoms with Crippen LogP contribution < -0.4 is 10.6 Å². The molecule has 3 rings (SSSR count). The quantitative estimate of drug-likeness (QED) is 0.897. The van der Waals surface area contributed by atoms with Gasteiger partial charge in [-0.25, -0.2) is 4.79 Å². The number of aryl methyl sites for hydroxylation is 1. The zero-order chi connectivity index (χ0) is 16.6. The fourth-order valence-corrected chi connectivity index (χ4v) is 3.51. The van der Waals surface area contributed by atoms with Crippen LogP contribution in [0, 0.1) is 0 Å². The molecule has 2 aliphatic carbocycles. The lowest BCUT2D eigenvalue weighted by molar-refractivity contribution is 0.0462. The number of carbonyl (C=O) groups excluding carboxylic acids is 1. The van der Waals surface area contributed by atoms with Crippen molar-refractivity contribution in [1.29, 1.82) is 0 Å². The molecule has 0 aromatic carbocycles. The summed E-state index contributed by atoms with van der Waals surface area (Å²) in [6.45, 7) is 5.64. The maximum absolute atomic E-state index is 11.8. The van der Waals surface area contributed by atoms with Crippen molar-refractivity contribution >= 4 is 6.09 Å². The van der Waals surface area contributed by atoms with Crippen LogP contribution in [0.4, 0.5) is 4.79 Å². The van der Waals surface area contributed by atoms with Crippen molar-refractivity contribution in [2.45, 2.75) is 76.6 Å². The molecule has 6 heteroatoms. The number of ether oxygens (including phenoxy) is 1. The smallest absolute Gasteiger partial charge is 0.407 e. The average Bonchev–Trinajstić information content (AvgIpc) is 2.77. The van der Waals surface area contributed by atoms with Crippen LogP contribution in [0.5, 0.6) is 0 Å². The number of fused-ring (bicyclic) bond motifs is 1. The molecule has 0 spiro atoms. The summed E-state index contributed by atoms with van der Waals surface area (Å²) >= 11 is 0. The van der Waals surface area contributed by atoms with Crippen molar-refractivity contribution in [2.24, 2.45) is 7.05 Å². The molecule has 1 unspecified atom stereocenters. The molecule has 23 heavy (non-hydrogen) atoms. The average molecular weight is 320 g/mol. The van der Waals surface area contributed by atoms with Crippen molar-refractivity contribution < 1.29 is 9.53 Å². The fraction of sp³-hybridized carbons (Fsp3) is 0.765. The van der Waals surface area contributed by atoms with Crippen LogP contribution in [0.3, 0.4) is 0 Å². The van der Waals surface area contributed by atoms with Gasteiger partial charge >= 0.3 is 6.09 Å². The summed E-state index contributed by atoms with van der Waals surface area (Å²) < 4.78 is 7.29. The molecule has 0 aliphatic heterocycles.